The van der Waals surface area contributed by atoms with Gasteiger partial charge in [-0.05, 0) is 6.42 Å². The van der Waals surface area contributed by atoms with Crippen molar-refractivity contribution < 1.29 is 22.3 Å². The first kappa shape index (κ1) is 15.3. The fourth-order valence-electron chi connectivity index (χ4n) is 2.15. The van der Waals surface area contributed by atoms with Crippen LogP contribution in [0.1, 0.15) is 19.1 Å². The third kappa shape index (κ3) is 3.94. The second-order valence-electron chi connectivity index (χ2n) is 4.77. The van der Waals surface area contributed by atoms with Gasteiger partial charge in [0, 0.05) is 26.1 Å². The average molecular weight is 304 g/mol. The van der Waals surface area contributed by atoms with Gasteiger partial charge in [0.25, 0.3) is 0 Å². The summed E-state index contributed by atoms with van der Waals surface area (Å²) in [6.45, 7) is 3.09. The zero-order valence-electron chi connectivity index (χ0n) is 11.7. The largest absolute Gasteiger partial charge is 0.428 e. The van der Waals surface area contributed by atoms with Gasteiger partial charge in [-0.3, -0.25) is 0 Å². The quantitative estimate of drug-likeness (QED) is 0.809. The Bertz CT molecular complexity index is 522. The fraction of sp³-hybridized carbons (Fsp3) is 0.750. The minimum Gasteiger partial charge on any atom is -0.428 e. The molecule has 0 amide bonds. The van der Waals surface area contributed by atoms with Crippen LogP contribution in [-0.2, 0) is 25.9 Å². The minimum absolute atomic E-state index is 0.000579. The molecule has 2 atom stereocenters. The van der Waals surface area contributed by atoms with Crippen molar-refractivity contribution in [3.8, 4) is 0 Å². The average Bonchev–Trinajstić information content (AvgIpc) is 3.06. The van der Waals surface area contributed by atoms with E-state index >= 15 is 0 Å². The number of sulfonamides is 1. The van der Waals surface area contributed by atoms with Crippen LogP contribution in [0, 0.1) is 5.92 Å². The van der Waals surface area contributed by atoms with Crippen molar-refractivity contribution in [2.24, 2.45) is 5.92 Å². The third-order valence-electron chi connectivity index (χ3n) is 3.32. The molecule has 1 aliphatic rings. The summed E-state index contributed by atoms with van der Waals surface area (Å²) >= 11 is 0. The van der Waals surface area contributed by atoms with Gasteiger partial charge >= 0.3 is 6.01 Å². The molecule has 0 bridgehead atoms. The number of nitrogens with one attached hydrogen (secondary N) is 1. The Labute approximate surface area is 118 Å². The zero-order valence-corrected chi connectivity index (χ0v) is 12.5. The maximum absolute atomic E-state index is 12.1. The van der Waals surface area contributed by atoms with Crippen LogP contribution in [0.4, 0.5) is 6.01 Å². The van der Waals surface area contributed by atoms with E-state index in [2.05, 4.69) is 9.71 Å². The molecular weight excluding hydrogens is 284 g/mol. The number of anilines is 1. The van der Waals surface area contributed by atoms with Crippen molar-refractivity contribution in [1.29, 1.82) is 0 Å². The van der Waals surface area contributed by atoms with E-state index in [0.717, 1.165) is 6.42 Å². The zero-order chi connectivity index (χ0) is 14.6. The number of methoxy groups -OCH3 is 1. The van der Waals surface area contributed by atoms with Crippen molar-refractivity contribution in [3.63, 3.8) is 0 Å². The molecule has 2 heterocycles. The van der Waals surface area contributed by atoms with Crippen LogP contribution in [-0.4, -0.2) is 45.6 Å². The highest BCUT2D eigenvalue weighted by atomic mass is 32.2. The van der Waals surface area contributed by atoms with E-state index in [9.17, 15) is 8.42 Å². The molecule has 0 aromatic carbocycles. The van der Waals surface area contributed by atoms with Crippen molar-refractivity contribution in [3.05, 3.63) is 12.0 Å². The van der Waals surface area contributed by atoms with Crippen molar-refractivity contribution in [2.45, 2.75) is 25.9 Å². The summed E-state index contributed by atoms with van der Waals surface area (Å²) < 4.78 is 42.3. The monoisotopic (exact) mass is 304 g/mol. The van der Waals surface area contributed by atoms with E-state index in [1.807, 2.05) is 6.92 Å². The Morgan fingerprint density at radius 1 is 1.60 bits per heavy atom. The molecule has 0 saturated carbocycles. The van der Waals surface area contributed by atoms with E-state index < -0.39 is 16.1 Å². The molecular formula is C12H20N2O5S. The normalized spacial score (nSPS) is 21.0. The lowest BCUT2D eigenvalue weighted by atomic mass is 10.0. The summed E-state index contributed by atoms with van der Waals surface area (Å²) in [4.78, 5) is 3.88. The van der Waals surface area contributed by atoms with Gasteiger partial charge in [0.1, 0.15) is 5.76 Å². The highest BCUT2D eigenvalue weighted by Gasteiger charge is 2.30. The molecule has 1 fully saturated rings. The summed E-state index contributed by atoms with van der Waals surface area (Å²) in [6, 6.07) is -0.000579. The Balaban J connectivity index is 1.98. The first-order valence-electron chi connectivity index (χ1n) is 6.59. The number of ether oxygens (including phenoxy) is 2. The molecule has 7 nitrogen and oxygen atoms in total. The summed E-state index contributed by atoms with van der Waals surface area (Å²) in [5.74, 6) is 0.601. The van der Waals surface area contributed by atoms with Crippen molar-refractivity contribution >= 4 is 16.0 Å². The lowest BCUT2D eigenvalue weighted by Crippen LogP contribution is -2.34. The lowest BCUT2D eigenvalue weighted by Gasteiger charge is -2.20. The highest BCUT2D eigenvalue weighted by Crippen LogP contribution is 2.21. The SMILES string of the molecule is CCc1cnc(NS(=O)(=O)CC(OC)C2CCOC2)o1. The molecule has 1 aromatic rings. The van der Waals surface area contributed by atoms with Crippen LogP contribution in [0.5, 0.6) is 0 Å². The molecule has 2 unspecified atom stereocenters. The minimum atomic E-state index is -3.57. The van der Waals surface area contributed by atoms with Gasteiger partial charge in [0.15, 0.2) is 0 Å². The Morgan fingerprint density at radius 3 is 2.95 bits per heavy atom. The molecule has 1 aromatic heterocycles. The molecule has 20 heavy (non-hydrogen) atoms. The van der Waals surface area contributed by atoms with E-state index in [1.165, 1.54) is 13.3 Å². The Morgan fingerprint density at radius 2 is 2.40 bits per heavy atom. The fourth-order valence-corrected chi connectivity index (χ4v) is 3.44. The summed E-state index contributed by atoms with van der Waals surface area (Å²) in [5, 5.41) is 0. The number of nitrogens with zero attached hydrogens (tertiary/aromatic N) is 1. The van der Waals surface area contributed by atoms with Gasteiger partial charge in [-0.25, -0.2) is 18.1 Å². The number of aromatic nitrogens is 1. The van der Waals surface area contributed by atoms with E-state index in [1.54, 1.807) is 0 Å². The first-order chi connectivity index (χ1) is 9.54. The van der Waals surface area contributed by atoms with Gasteiger partial charge in [-0.2, -0.15) is 0 Å². The van der Waals surface area contributed by atoms with Gasteiger partial charge < -0.3 is 13.9 Å². The van der Waals surface area contributed by atoms with E-state index in [-0.39, 0.29) is 17.7 Å². The third-order valence-corrected chi connectivity index (χ3v) is 4.57. The van der Waals surface area contributed by atoms with E-state index in [4.69, 9.17) is 13.9 Å². The number of aryl methyl sites for hydroxylation is 1. The smallest absolute Gasteiger partial charge is 0.308 e. The van der Waals surface area contributed by atoms with Crippen molar-refractivity contribution in [1.82, 2.24) is 4.98 Å². The highest BCUT2D eigenvalue weighted by molar-refractivity contribution is 7.92. The van der Waals surface area contributed by atoms with Crippen LogP contribution in [0.3, 0.4) is 0 Å². The molecule has 114 valence electrons. The second kappa shape index (κ2) is 6.55. The Kier molecular flexibility index (Phi) is 5.00. The van der Waals surface area contributed by atoms with Crippen LogP contribution in [0.15, 0.2) is 10.6 Å². The predicted octanol–water partition coefficient (Wildman–Crippen LogP) is 1.03. The molecule has 1 aliphatic heterocycles. The van der Waals surface area contributed by atoms with Gasteiger partial charge in [0.2, 0.25) is 10.0 Å². The molecule has 0 aliphatic carbocycles. The second-order valence-corrected chi connectivity index (χ2v) is 6.53. The van der Waals surface area contributed by atoms with Crippen LogP contribution in [0.25, 0.3) is 0 Å². The number of hydrogen-bond acceptors (Lipinski definition) is 6. The van der Waals surface area contributed by atoms with Crippen molar-refractivity contribution in [2.75, 3.05) is 30.8 Å². The maximum atomic E-state index is 12.1. The number of oxazole rings is 1. The first-order valence-corrected chi connectivity index (χ1v) is 8.25. The number of hydrogen-bond donors (Lipinski definition) is 1. The molecule has 1 saturated heterocycles. The molecule has 2 rings (SSSR count). The standard InChI is InChI=1S/C12H20N2O5S/c1-3-10-6-13-12(19-10)14-20(15,16)8-11(17-2)9-4-5-18-7-9/h6,9,11H,3-5,7-8H2,1-2H3,(H,13,14). The van der Waals surface area contributed by atoms with Gasteiger partial charge in [-0.1, -0.05) is 6.92 Å². The molecule has 1 N–H and O–H groups in total. The summed E-state index contributed by atoms with van der Waals surface area (Å²) in [5.41, 5.74) is 0. The maximum Gasteiger partial charge on any atom is 0.308 e. The number of rotatable bonds is 7. The molecule has 0 radical (unpaired) electrons. The molecule has 8 heteroatoms. The molecule has 0 spiro atoms. The van der Waals surface area contributed by atoms with Crippen LogP contribution in [0.2, 0.25) is 0 Å². The van der Waals surface area contributed by atoms with Crippen LogP contribution < -0.4 is 4.72 Å². The topological polar surface area (TPSA) is 90.7 Å². The predicted molar refractivity (Wildman–Crippen MR) is 73.0 cm³/mol. The summed E-state index contributed by atoms with van der Waals surface area (Å²) in [7, 11) is -2.05. The van der Waals surface area contributed by atoms with E-state index in [0.29, 0.717) is 25.4 Å². The van der Waals surface area contributed by atoms with Gasteiger partial charge in [-0.15, -0.1) is 0 Å². The van der Waals surface area contributed by atoms with Crippen LogP contribution >= 0.6 is 0 Å². The lowest BCUT2D eigenvalue weighted by molar-refractivity contribution is 0.0612. The summed E-state index contributed by atoms with van der Waals surface area (Å²) in [6.07, 6.45) is 2.59. The van der Waals surface area contributed by atoms with Gasteiger partial charge in [0.05, 0.1) is 24.7 Å². The Hall–Kier alpha value is -1.12.